The minimum Gasteiger partial charge on any atom is -0.119 e. The van der Waals surface area contributed by atoms with Crippen molar-refractivity contribution in [2.45, 2.75) is 46.2 Å². The maximum absolute atomic E-state index is 2.45. The molecule has 1 heterocycles. The predicted octanol–water partition coefficient (Wildman–Crippen LogP) is 3.51. The fourth-order valence-electron chi connectivity index (χ4n) is 2.62. The highest BCUT2D eigenvalue weighted by Gasteiger charge is 2.40. The summed E-state index contributed by atoms with van der Waals surface area (Å²) in [4.78, 5) is 0. The molecular weight excluding hydrogens is 151 g/mol. The Morgan fingerprint density at radius 1 is 1.55 bits per heavy atom. The lowest BCUT2D eigenvalue weighted by atomic mass is 9.71. The lowest BCUT2D eigenvalue weighted by Crippen LogP contribution is -2.31. The van der Waals surface area contributed by atoms with Crippen LogP contribution in [0.5, 0.6) is 0 Å². The first-order valence-electron chi connectivity index (χ1n) is 4.87. The van der Waals surface area contributed by atoms with E-state index >= 15 is 0 Å². The SMILES string of the molecule is CC[C@]1(C(C)C)CCP[C@@H]1C. The van der Waals surface area contributed by atoms with Crippen LogP contribution in [0.3, 0.4) is 0 Å². The van der Waals surface area contributed by atoms with Crippen molar-refractivity contribution < 1.29 is 0 Å². The molecule has 1 rings (SSSR count). The van der Waals surface area contributed by atoms with Gasteiger partial charge in [0.2, 0.25) is 0 Å². The van der Waals surface area contributed by atoms with E-state index in [-0.39, 0.29) is 0 Å². The fraction of sp³-hybridized carbons (Fsp3) is 1.00. The first-order chi connectivity index (χ1) is 5.13. The molecule has 0 aliphatic carbocycles. The summed E-state index contributed by atoms with van der Waals surface area (Å²) in [5, 5.41) is 0. The van der Waals surface area contributed by atoms with E-state index in [2.05, 4.69) is 27.7 Å². The molecule has 66 valence electrons. The molecular formula is C10H21P. The molecule has 0 aromatic carbocycles. The summed E-state index contributed by atoms with van der Waals surface area (Å²) in [7, 11) is 1.23. The Kier molecular flexibility index (Phi) is 2.97. The van der Waals surface area contributed by atoms with Crippen molar-refractivity contribution in [3.63, 3.8) is 0 Å². The highest BCUT2D eigenvalue weighted by atomic mass is 31.1. The van der Waals surface area contributed by atoms with Crippen LogP contribution in [-0.4, -0.2) is 11.8 Å². The van der Waals surface area contributed by atoms with E-state index in [0.717, 1.165) is 11.6 Å². The Labute approximate surface area is 72.9 Å². The molecule has 1 aliphatic rings. The van der Waals surface area contributed by atoms with Crippen molar-refractivity contribution >= 4 is 8.58 Å². The molecule has 3 atom stereocenters. The molecule has 1 aliphatic heterocycles. The lowest BCUT2D eigenvalue weighted by molar-refractivity contribution is 0.183. The topological polar surface area (TPSA) is 0 Å². The minimum atomic E-state index is 0.707. The van der Waals surface area contributed by atoms with Gasteiger partial charge in [0, 0.05) is 0 Å². The quantitative estimate of drug-likeness (QED) is 0.559. The first-order valence-corrected chi connectivity index (χ1v) is 6.15. The summed E-state index contributed by atoms with van der Waals surface area (Å²) in [6.45, 7) is 9.62. The molecule has 0 spiro atoms. The highest BCUT2D eigenvalue weighted by molar-refractivity contribution is 7.39. The summed E-state index contributed by atoms with van der Waals surface area (Å²) in [5.74, 6) is 0.887. The van der Waals surface area contributed by atoms with Crippen LogP contribution in [-0.2, 0) is 0 Å². The maximum Gasteiger partial charge on any atom is -0.0206 e. The summed E-state index contributed by atoms with van der Waals surface area (Å²) in [6.07, 6.45) is 4.37. The summed E-state index contributed by atoms with van der Waals surface area (Å²) in [6, 6.07) is 0. The van der Waals surface area contributed by atoms with E-state index < -0.39 is 0 Å². The van der Waals surface area contributed by atoms with Crippen molar-refractivity contribution in [2.24, 2.45) is 11.3 Å². The van der Waals surface area contributed by atoms with Crippen LogP contribution in [0, 0.1) is 11.3 Å². The van der Waals surface area contributed by atoms with E-state index in [1.165, 1.54) is 27.6 Å². The van der Waals surface area contributed by atoms with Gasteiger partial charge in [0.1, 0.15) is 0 Å². The van der Waals surface area contributed by atoms with Gasteiger partial charge in [-0.3, -0.25) is 0 Å². The molecule has 1 unspecified atom stereocenters. The smallest absolute Gasteiger partial charge is 0.0206 e. The lowest BCUT2D eigenvalue weighted by Gasteiger charge is -2.36. The zero-order chi connectivity index (χ0) is 8.48. The Morgan fingerprint density at radius 2 is 2.18 bits per heavy atom. The molecule has 0 radical (unpaired) electrons. The Balaban J connectivity index is 2.73. The summed E-state index contributed by atoms with van der Waals surface area (Å²) in [5.41, 5.74) is 1.70. The zero-order valence-corrected chi connectivity index (χ0v) is 9.28. The van der Waals surface area contributed by atoms with Crippen LogP contribution in [0.15, 0.2) is 0 Å². The van der Waals surface area contributed by atoms with Gasteiger partial charge < -0.3 is 0 Å². The molecule has 0 aromatic rings. The Hall–Kier alpha value is 0.430. The van der Waals surface area contributed by atoms with Gasteiger partial charge in [-0.15, -0.1) is 8.58 Å². The van der Waals surface area contributed by atoms with Crippen molar-refractivity contribution in [3.05, 3.63) is 0 Å². The van der Waals surface area contributed by atoms with E-state index in [1.54, 1.807) is 0 Å². The largest absolute Gasteiger partial charge is 0.119 e. The van der Waals surface area contributed by atoms with Crippen LogP contribution < -0.4 is 0 Å². The Bertz CT molecular complexity index is 131. The van der Waals surface area contributed by atoms with Crippen molar-refractivity contribution in [1.29, 1.82) is 0 Å². The second-order valence-electron chi connectivity index (χ2n) is 4.17. The van der Waals surface area contributed by atoms with Gasteiger partial charge in [-0.05, 0) is 36.0 Å². The second-order valence-corrected chi connectivity index (χ2v) is 5.94. The number of rotatable bonds is 2. The summed E-state index contributed by atoms with van der Waals surface area (Å²) >= 11 is 0. The fourth-order valence-corrected chi connectivity index (χ4v) is 4.75. The van der Waals surface area contributed by atoms with Crippen molar-refractivity contribution in [1.82, 2.24) is 0 Å². The van der Waals surface area contributed by atoms with Crippen molar-refractivity contribution in [2.75, 3.05) is 6.16 Å². The van der Waals surface area contributed by atoms with Gasteiger partial charge in [0.05, 0.1) is 0 Å². The van der Waals surface area contributed by atoms with Gasteiger partial charge >= 0.3 is 0 Å². The monoisotopic (exact) mass is 172 g/mol. The zero-order valence-electron chi connectivity index (χ0n) is 8.28. The van der Waals surface area contributed by atoms with Crippen LogP contribution in [0.25, 0.3) is 0 Å². The van der Waals surface area contributed by atoms with E-state index in [9.17, 15) is 0 Å². The molecule has 1 fully saturated rings. The molecule has 0 nitrogen and oxygen atoms in total. The van der Waals surface area contributed by atoms with Crippen molar-refractivity contribution in [3.8, 4) is 0 Å². The predicted molar refractivity (Wildman–Crippen MR) is 54.8 cm³/mol. The molecule has 1 heteroatoms. The third-order valence-corrected chi connectivity index (χ3v) is 5.44. The maximum atomic E-state index is 2.45. The van der Waals surface area contributed by atoms with Gasteiger partial charge in [0.15, 0.2) is 0 Å². The van der Waals surface area contributed by atoms with Gasteiger partial charge in [-0.2, -0.15) is 0 Å². The van der Waals surface area contributed by atoms with Crippen LogP contribution in [0.4, 0.5) is 0 Å². The normalized spacial score (nSPS) is 40.6. The summed E-state index contributed by atoms with van der Waals surface area (Å²) < 4.78 is 0. The van der Waals surface area contributed by atoms with Gasteiger partial charge in [-0.25, -0.2) is 0 Å². The molecule has 0 N–H and O–H groups in total. The molecule has 0 aromatic heterocycles. The average Bonchev–Trinajstić information content (AvgIpc) is 2.32. The van der Waals surface area contributed by atoms with Crippen LogP contribution in [0.1, 0.15) is 40.5 Å². The van der Waals surface area contributed by atoms with Gasteiger partial charge in [0.25, 0.3) is 0 Å². The standard InChI is InChI=1S/C10H21P/c1-5-10(8(2)3)6-7-11-9(10)4/h8-9,11H,5-7H2,1-4H3/t9-,10-/m1/s1. The molecule has 0 bridgehead atoms. The number of hydrogen-bond donors (Lipinski definition) is 0. The van der Waals surface area contributed by atoms with E-state index in [4.69, 9.17) is 0 Å². The van der Waals surface area contributed by atoms with E-state index in [0.29, 0.717) is 5.41 Å². The first kappa shape index (κ1) is 9.52. The second kappa shape index (κ2) is 3.44. The molecule has 0 saturated carbocycles. The van der Waals surface area contributed by atoms with E-state index in [1.807, 2.05) is 0 Å². The molecule has 0 amide bonds. The molecule has 11 heavy (non-hydrogen) atoms. The van der Waals surface area contributed by atoms with Gasteiger partial charge in [-0.1, -0.05) is 27.7 Å². The Morgan fingerprint density at radius 3 is 2.36 bits per heavy atom. The third kappa shape index (κ3) is 1.47. The minimum absolute atomic E-state index is 0.707. The average molecular weight is 172 g/mol. The molecule has 1 saturated heterocycles. The third-order valence-electron chi connectivity index (χ3n) is 3.71. The number of hydrogen-bond acceptors (Lipinski definition) is 0. The van der Waals surface area contributed by atoms with Crippen LogP contribution in [0.2, 0.25) is 0 Å². The highest BCUT2D eigenvalue weighted by Crippen LogP contribution is 2.53. The van der Waals surface area contributed by atoms with Crippen LogP contribution >= 0.6 is 8.58 Å².